The Morgan fingerprint density at radius 1 is 1.33 bits per heavy atom. The summed E-state index contributed by atoms with van der Waals surface area (Å²) in [5, 5.41) is -0.335. The third kappa shape index (κ3) is 3.35. The molecule has 116 valence electrons. The van der Waals surface area contributed by atoms with Gasteiger partial charge in [-0.05, 0) is 32.6 Å². The van der Waals surface area contributed by atoms with Crippen molar-refractivity contribution in [2.24, 2.45) is 0 Å². The molecule has 6 nitrogen and oxygen atoms in total. The number of rotatable bonds is 5. The van der Waals surface area contributed by atoms with E-state index in [4.69, 9.17) is 0 Å². The molecule has 1 aromatic heterocycles. The third-order valence-electron chi connectivity index (χ3n) is 4.06. The van der Waals surface area contributed by atoms with Crippen LogP contribution in [-0.4, -0.2) is 42.8 Å². The Bertz CT molecular complexity index is 628. The predicted molar refractivity (Wildman–Crippen MR) is 81.8 cm³/mol. The fraction of sp³-hybridized carbons (Fsp3) is 0.714. The minimum Gasteiger partial charge on any atom is -0.355 e. The van der Waals surface area contributed by atoms with Crippen LogP contribution >= 0.6 is 0 Å². The zero-order valence-electron chi connectivity index (χ0n) is 12.5. The summed E-state index contributed by atoms with van der Waals surface area (Å²) in [7, 11) is -3.20. The molecule has 1 aliphatic carbocycles. The van der Waals surface area contributed by atoms with E-state index in [1.54, 1.807) is 0 Å². The van der Waals surface area contributed by atoms with Crippen LogP contribution in [0.15, 0.2) is 6.07 Å². The number of nitrogens with zero attached hydrogens (tertiary/aromatic N) is 3. The van der Waals surface area contributed by atoms with Gasteiger partial charge in [-0.25, -0.2) is 23.1 Å². The molecule has 0 amide bonds. The highest BCUT2D eigenvalue weighted by molar-refractivity contribution is 7.90. The first-order valence-corrected chi connectivity index (χ1v) is 9.13. The lowest BCUT2D eigenvalue weighted by Crippen LogP contribution is -2.37. The van der Waals surface area contributed by atoms with Crippen molar-refractivity contribution < 1.29 is 8.42 Å². The number of hydrogen-bond acceptors (Lipinski definition) is 5. The largest absolute Gasteiger partial charge is 0.355 e. The van der Waals surface area contributed by atoms with Crippen molar-refractivity contribution in [3.8, 4) is 0 Å². The normalized spacial score (nSPS) is 22.8. The zero-order valence-corrected chi connectivity index (χ0v) is 13.4. The van der Waals surface area contributed by atoms with Crippen molar-refractivity contribution in [1.29, 1.82) is 0 Å². The smallest absolute Gasteiger partial charge is 0.216 e. The van der Waals surface area contributed by atoms with E-state index < -0.39 is 10.0 Å². The molecule has 1 unspecified atom stereocenters. The molecule has 2 heterocycles. The van der Waals surface area contributed by atoms with Crippen LogP contribution < -0.4 is 9.62 Å². The maximum Gasteiger partial charge on any atom is 0.216 e. The van der Waals surface area contributed by atoms with E-state index in [2.05, 4.69) is 26.5 Å². The molecule has 1 saturated carbocycles. The fourth-order valence-electron chi connectivity index (χ4n) is 2.67. The van der Waals surface area contributed by atoms with Gasteiger partial charge in [0.05, 0.1) is 5.25 Å². The highest BCUT2D eigenvalue weighted by Gasteiger charge is 2.37. The van der Waals surface area contributed by atoms with Crippen molar-refractivity contribution in [1.82, 2.24) is 14.7 Å². The molecular formula is C14H22N4O2S. The van der Waals surface area contributed by atoms with Gasteiger partial charge < -0.3 is 4.90 Å². The number of aromatic nitrogens is 2. The van der Waals surface area contributed by atoms with E-state index in [-0.39, 0.29) is 11.3 Å². The van der Waals surface area contributed by atoms with Crippen LogP contribution in [0.25, 0.3) is 0 Å². The topological polar surface area (TPSA) is 75.2 Å². The van der Waals surface area contributed by atoms with Crippen LogP contribution in [0.1, 0.15) is 37.7 Å². The van der Waals surface area contributed by atoms with Crippen molar-refractivity contribution in [2.75, 3.05) is 18.0 Å². The van der Waals surface area contributed by atoms with E-state index >= 15 is 0 Å². The first-order valence-electron chi connectivity index (χ1n) is 7.58. The van der Waals surface area contributed by atoms with E-state index in [1.807, 2.05) is 13.0 Å². The van der Waals surface area contributed by atoms with E-state index in [1.165, 1.54) is 0 Å². The first-order chi connectivity index (χ1) is 9.98. The van der Waals surface area contributed by atoms with Gasteiger partial charge in [0.1, 0.15) is 11.6 Å². The number of nitrogens with one attached hydrogen (secondary N) is 1. The fourth-order valence-corrected chi connectivity index (χ4v) is 4.36. The number of hydrogen-bond donors (Lipinski definition) is 1. The Morgan fingerprint density at radius 3 is 2.76 bits per heavy atom. The maximum absolute atomic E-state index is 12.3. The third-order valence-corrected chi connectivity index (χ3v) is 5.98. The summed E-state index contributed by atoms with van der Waals surface area (Å²) in [5.74, 6) is 1.59. The minimum absolute atomic E-state index is 0.178. The Hall–Kier alpha value is -1.21. The zero-order chi connectivity index (χ0) is 15.0. The van der Waals surface area contributed by atoms with Crippen molar-refractivity contribution >= 4 is 15.8 Å². The SMILES string of the molecule is CCc1cc(N2CCC(S(=O)(=O)NC3CC3)C2)nc(C)n1. The molecule has 1 aromatic rings. The predicted octanol–water partition coefficient (Wildman–Crippen LogP) is 1.01. The maximum atomic E-state index is 12.3. The molecule has 1 aliphatic heterocycles. The molecule has 3 rings (SSSR count). The van der Waals surface area contributed by atoms with Gasteiger partial charge in [0.25, 0.3) is 0 Å². The van der Waals surface area contributed by atoms with Crippen LogP contribution in [0, 0.1) is 6.92 Å². The van der Waals surface area contributed by atoms with Crippen LogP contribution in [0.2, 0.25) is 0 Å². The molecule has 0 bridgehead atoms. The second-order valence-corrected chi connectivity index (χ2v) is 7.90. The van der Waals surface area contributed by atoms with E-state index in [9.17, 15) is 8.42 Å². The van der Waals surface area contributed by atoms with Gasteiger partial charge in [-0.2, -0.15) is 0 Å². The summed E-state index contributed by atoms with van der Waals surface area (Å²) >= 11 is 0. The van der Waals surface area contributed by atoms with Gasteiger partial charge in [-0.1, -0.05) is 6.92 Å². The molecule has 1 atom stereocenters. The van der Waals surface area contributed by atoms with E-state index in [0.717, 1.165) is 43.1 Å². The Balaban J connectivity index is 1.73. The number of anilines is 1. The second-order valence-electron chi connectivity index (χ2n) is 5.91. The standard InChI is InChI=1S/C14H22N4O2S/c1-3-11-8-14(16-10(2)15-11)18-7-6-13(9-18)21(19,20)17-12-4-5-12/h8,12-13,17H,3-7,9H2,1-2H3. The van der Waals surface area contributed by atoms with Crippen LogP contribution in [0.5, 0.6) is 0 Å². The quantitative estimate of drug-likeness (QED) is 0.878. The van der Waals surface area contributed by atoms with Gasteiger partial charge in [-0.15, -0.1) is 0 Å². The first kappa shape index (κ1) is 14.7. The van der Waals surface area contributed by atoms with Crippen LogP contribution in [0.3, 0.4) is 0 Å². The summed E-state index contributed by atoms with van der Waals surface area (Å²) in [6.45, 7) is 5.18. The Kier molecular flexibility index (Phi) is 3.88. The molecule has 2 aliphatic rings. The average molecular weight is 310 g/mol. The van der Waals surface area contributed by atoms with Gasteiger partial charge in [0, 0.05) is 30.9 Å². The molecule has 1 saturated heterocycles. The number of sulfonamides is 1. The van der Waals surface area contributed by atoms with Gasteiger partial charge in [0.15, 0.2) is 0 Å². The molecule has 7 heteroatoms. The lowest BCUT2D eigenvalue weighted by atomic mass is 10.3. The summed E-state index contributed by atoms with van der Waals surface area (Å²) in [6.07, 6.45) is 3.46. The lowest BCUT2D eigenvalue weighted by molar-refractivity contribution is 0.568. The summed E-state index contributed by atoms with van der Waals surface area (Å²) < 4.78 is 27.4. The van der Waals surface area contributed by atoms with Gasteiger partial charge in [0.2, 0.25) is 10.0 Å². The van der Waals surface area contributed by atoms with Gasteiger partial charge in [-0.3, -0.25) is 0 Å². The Morgan fingerprint density at radius 2 is 2.10 bits per heavy atom. The van der Waals surface area contributed by atoms with Crippen LogP contribution in [0.4, 0.5) is 5.82 Å². The van der Waals surface area contributed by atoms with Crippen molar-refractivity contribution in [2.45, 2.75) is 50.8 Å². The summed E-state index contributed by atoms with van der Waals surface area (Å²) in [5.41, 5.74) is 1.000. The molecule has 1 N–H and O–H groups in total. The second kappa shape index (κ2) is 5.53. The van der Waals surface area contributed by atoms with Gasteiger partial charge >= 0.3 is 0 Å². The molecule has 0 aromatic carbocycles. The summed E-state index contributed by atoms with van der Waals surface area (Å²) in [6, 6.07) is 2.15. The minimum atomic E-state index is -3.20. The highest BCUT2D eigenvalue weighted by atomic mass is 32.2. The summed E-state index contributed by atoms with van der Waals surface area (Å²) in [4.78, 5) is 10.9. The van der Waals surface area contributed by atoms with Crippen molar-refractivity contribution in [3.63, 3.8) is 0 Å². The Labute approximate surface area is 126 Å². The molecule has 0 spiro atoms. The molecule has 2 fully saturated rings. The molecule has 21 heavy (non-hydrogen) atoms. The average Bonchev–Trinajstić information content (AvgIpc) is 3.08. The van der Waals surface area contributed by atoms with Crippen LogP contribution in [-0.2, 0) is 16.4 Å². The monoisotopic (exact) mass is 310 g/mol. The highest BCUT2D eigenvalue weighted by Crippen LogP contribution is 2.26. The number of aryl methyl sites for hydroxylation is 2. The lowest BCUT2D eigenvalue weighted by Gasteiger charge is -2.18. The van der Waals surface area contributed by atoms with Crippen molar-refractivity contribution in [3.05, 3.63) is 17.6 Å². The molecular weight excluding hydrogens is 288 g/mol. The van der Waals surface area contributed by atoms with E-state index in [0.29, 0.717) is 13.0 Å². The molecule has 0 radical (unpaired) electrons.